The van der Waals surface area contributed by atoms with Gasteiger partial charge in [0.1, 0.15) is 5.84 Å². The molecule has 3 N–H and O–H groups in total. The number of amidine groups is 1. The standard InChI is InChI=1S/C14H15ClN4OS/c1-2-13(20)19-14-18-11(8-21-14)9-4-3-5-10(6-9)17-12(16)7-15/h3-6,8H,2,7H2,1H3,(H2,16,17)(H,18,19,20). The molecule has 0 spiro atoms. The molecule has 1 aromatic heterocycles. The summed E-state index contributed by atoms with van der Waals surface area (Å²) in [6, 6.07) is 7.52. The monoisotopic (exact) mass is 322 g/mol. The molecule has 0 aliphatic heterocycles. The average molecular weight is 323 g/mol. The molecule has 0 saturated carbocycles. The molecule has 110 valence electrons. The Bertz CT molecular complexity index is 668. The Kier molecular flexibility index (Phi) is 5.30. The molecule has 0 unspecified atom stereocenters. The first-order valence-electron chi connectivity index (χ1n) is 6.37. The number of carbonyl (C=O) groups is 1. The van der Waals surface area contributed by atoms with E-state index in [1.807, 2.05) is 29.6 Å². The van der Waals surface area contributed by atoms with Gasteiger partial charge in [-0.1, -0.05) is 19.1 Å². The summed E-state index contributed by atoms with van der Waals surface area (Å²) in [5, 5.41) is 5.22. The lowest BCUT2D eigenvalue weighted by Gasteiger charge is -2.00. The number of benzene rings is 1. The van der Waals surface area contributed by atoms with Gasteiger partial charge < -0.3 is 11.1 Å². The van der Waals surface area contributed by atoms with Gasteiger partial charge in [-0.25, -0.2) is 9.98 Å². The number of hydrogen-bond donors (Lipinski definition) is 2. The molecule has 0 bridgehead atoms. The SMILES string of the molecule is CCC(=O)Nc1nc(-c2cccc(N=C(N)CCl)c2)cs1. The summed E-state index contributed by atoms with van der Waals surface area (Å²) in [7, 11) is 0. The van der Waals surface area contributed by atoms with Crippen LogP contribution in [-0.4, -0.2) is 22.6 Å². The maximum absolute atomic E-state index is 11.3. The molecule has 2 aromatic rings. The normalized spacial score (nSPS) is 11.4. The van der Waals surface area contributed by atoms with Crippen molar-refractivity contribution in [2.24, 2.45) is 10.7 Å². The quantitative estimate of drug-likeness (QED) is 0.503. The number of nitrogens with one attached hydrogen (secondary N) is 1. The maximum atomic E-state index is 11.3. The summed E-state index contributed by atoms with van der Waals surface area (Å²) in [5.74, 6) is 0.501. The highest BCUT2D eigenvalue weighted by atomic mass is 35.5. The molecule has 0 aliphatic rings. The second-order valence-corrected chi connectivity index (χ2v) is 5.35. The predicted octanol–water partition coefficient (Wildman–Crippen LogP) is 3.39. The zero-order chi connectivity index (χ0) is 15.2. The van der Waals surface area contributed by atoms with Gasteiger partial charge in [-0.15, -0.1) is 22.9 Å². The molecule has 1 amide bonds. The van der Waals surface area contributed by atoms with Crippen molar-refractivity contribution in [3.8, 4) is 11.3 Å². The van der Waals surface area contributed by atoms with Gasteiger partial charge in [0, 0.05) is 17.4 Å². The summed E-state index contributed by atoms with van der Waals surface area (Å²) in [5.41, 5.74) is 8.04. The summed E-state index contributed by atoms with van der Waals surface area (Å²) in [4.78, 5) is 19.9. The lowest BCUT2D eigenvalue weighted by molar-refractivity contribution is -0.115. The maximum Gasteiger partial charge on any atom is 0.225 e. The van der Waals surface area contributed by atoms with Gasteiger partial charge in [0.05, 0.1) is 17.3 Å². The molecule has 0 fully saturated rings. The van der Waals surface area contributed by atoms with E-state index >= 15 is 0 Å². The van der Waals surface area contributed by atoms with Gasteiger partial charge in [0.2, 0.25) is 5.91 Å². The highest BCUT2D eigenvalue weighted by Gasteiger charge is 2.07. The predicted molar refractivity (Wildman–Crippen MR) is 88.5 cm³/mol. The third-order valence-electron chi connectivity index (χ3n) is 2.62. The summed E-state index contributed by atoms with van der Waals surface area (Å²) in [6.45, 7) is 1.80. The van der Waals surface area contributed by atoms with Crippen molar-refractivity contribution in [2.75, 3.05) is 11.2 Å². The first-order chi connectivity index (χ1) is 10.1. The molecule has 0 atom stereocenters. The Morgan fingerprint density at radius 2 is 2.33 bits per heavy atom. The Balaban J connectivity index is 2.22. The number of alkyl halides is 1. The number of aliphatic imine (C=N–C) groups is 1. The van der Waals surface area contributed by atoms with Crippen LogP contribution >= 0.6 is 22.9 Å². The molecule has 1 aromatic carbocycles. The topological polar surface area (TPSA) is 80.4 Å². The van der Waals surface area contributed by atoms with Crippen molar-refractivity contribution >= 4 is 45.5 Å². The summed E-state index contributed by atoms with van der Waals surface area (Å²) in [6.07, 6.45) is 0.427. The number of anilines is 1. The number of nitrogens with two attached hydrogens (primary N) is 1. The van der Waals surface area contributed by atoms with Crippen LogP contribution in [0.15, 0.2) is 34.6 Å². The van der Waals surface area contributed by atoms with Gasteiger partial charge in [-0.05, 0) is 12.1 Å². The molecule has 0 aliphatic carbocycles. The van der Waals surface area contributed by atoms with E-state index in [1.54, 1.807) is 6.92 Å². The lowest BCUT2D eigenvalue weighted by Crippen LogP contribution is -2.12. The van der Waals surface area contributed by atoms with Crippen LogP contribution in [0.3, 0.4) is 0 Å². The van der Waals surface area contributed by atoms with Crippen molar-refractivity contribution in [1.29, 1.82) is 0 Å². The van der Waals surface area contributed by atoms with Crippen molar-refractivity contribution < 1.29 is 4.79 Å². The number of rotatable bonds is 5. The van der Waals surface area contributed by atoms with Crippen LogP contribution in [0.2, 0.25) is 0 Å². The summed E-state index contributed by atoms with van der Waals surface area (Å²) >= 11 is 7.01. The highest BCUT2D eigenvalue weighted by molar-refractivity contribution is 7.14. The van der Waals surface area contributed by atoms with Gasteiger partial charge >= 0.3 is 0 Å². The zero-order valence-corrected chi connectivity index (χ0v) is 13.0. The van der Waals surface area contributed by atoms with Crippen LogP contribution in [0.1, 0.15) is 13.3 Å². The Morgan fingerprint density at radius 1 is 1.52 bits per heavy atom. The number of carbonyl (C=O) groups excluding carboxylic acids is 1. The first kappa shape index (κ1) is 15.5. The number of aromatic nitrogens is 1. The van der Waals surface area contributed by atoms with E-state index in [-0.39, 0.29) is 11.8 Å². The zero-order valence-electron chi connectivity index (χ0n) is 11.5. The third kappa shape index (κ3) is 4.27. The fraction of sp³-hybridized carbons (Fsp3) is 0.214. The third-order valence-corrected chi connectivity index (χ3v) is 3.65. The van der Waals surface area contributed by atoms with E-state index < -0.39 is 0 Å². The molecular weight excluding hydrogens is 308 g/mol. The Hall–Kier alpha value is -1.92. The van der Waals surface area contributed by atoms with Crippen LogP contribution in [0.5, 0.6) is 0 Å². The number of hydrogen-bond acceptors (Lipinski definition) is 4. The molecule has 2 rings (SSSR count). The van der Waals surface area contributed by atoms with Gasteiger partial charge in [-0.2, -0.15) is 0 Å². The van der Waals surface area contributed by atoms with Crippen molar-refractivity contribution in [3.63, 3.8) is 0 Å². The number of amides is 1. The van der Waals surface area contributed by atoms with E-state index in [4.69, 9.17) is 17.3 Å². The number of thiazole rings is 1. The van der Waals surface area contributed by atoms with Gasteiger partial charge in [0.15, 0.2) is 5.13 Å². The van der Waals surface area contributed by atoms with Crippen LogP contribution in [0, 0.1) is 0 Å². The van der Waals surface area contributed by atoms with Gasteiger partial charge in [0.25, 0.3) is 0 Å². The van der Waals surface area contributed by atoms with Crippen molar-refractivity contribution in [3.05, 3.63) is 29.6 Å². The van der Waals surface area contributed by atoms with Gasteiger partial charge in [-0.3, -0.25) is 4.79 Å². The molecule has 21 heavy (non-hydrogen) atoms. The Morgan fingerprint density at radius 3 is 3.05 bits per heavy atom. The smallest absolute Gasteiger partial charge is 0.225 e. The average Bonchev–Trinajstić information content (AvgIpc) is 2.95. The molecule has 1 heterocycles. The molecule has 0 saturated heterocycles. The van der Waals surface area contributed by atoms with Crippen molar-refractivity contribution in [2.45, 2.75) is 13.3 Å². The molecule has 0 radical (unpaired) electrons. The lowest BCUT2D eigenvalue weighted by atomic mass is 10.1. The molecule has 7 heteroatoms. The van der Waals surface area contributed by atoms with Crippen molar-refractivity contribution in [1.82, 2.24) is 4.98 Å². The highest BCUT2D eigenvalue weighted by Crippen LogP contribution is 2.27. The van der Waals surface area contributed by atoms with E-state index in [1.165, 1.54) is 11.3 Å². The summed E-state index contributed by atoms with van der Waals surface area (Å²) < 4.78 is 0. The van der Waals surface area contributed by atoms with E-state index in [0.717, 1.165) is 16.9 Å². The number of nitrogens with zero attached hydrogens (tertiary/aromatic N) is 2. The minimum absolute atomic E-state index is 0.0517. The minimum Gasteiger partial charge on any atom is -0.386 e. The minimum atomic E-state index is -0.0517. The van der Waals surface area contributed by atoms with E-state index in [9.17, 15) is 4.79 Å². The van der Waals surface area contributed by atoms with E-state index in [2.05, 4.69) is 15.3 Å². The Labute approximate surface area is 131 Å². The fourth-order valence-electron chi connectivity index (χ4n) is 1.60. The second-order valence-electron chi connectivity index (χ2n) is 4.23. The molecular formula is C14H15ClN4OS. The van der Waals surface area contributed by atoms with Crippen LogP contribution in [0.25, 0.3) is 11.3 Å². The van der Waals surface area contributed by atoms with Crippen LogP contribution in [-0.2, 0) is 4.79 Å². The largest absolute Gasteiger partial charge is 0.386 e. The molecule has 5 nitrogen and oxygen atoms in total. The fourth-order valence-corrected chi connectivity index (χ4v) is 2.40. The van der Waals surface area contributed by atoms with Crippen LogP contribution in [0.4, 0.5) is 10.8 Å². The first-order valence-corrected chi connectivity index (χ1v) is 7.78. The van der Waals surface area contributed by atoms with Crippen LogP contribution < -0.4 is 11.1 Å². The second kappa shape index (κ2) is 7.19. The van der Waals surface area contributed by atoms with E-state index in [0.29, 0.717) is 17.4 Å². The number of halogens is 1.